The summed E-state index contributed by atoms with van der Waals surface area (Å²) in [7, 11) is 1.71. The van der Waals surface area contributed by atoms with Gasteiger partial charge < -0.3 is 4.74 Å². The molecule has 0 saturated carbocycles. The van der Waals surface area contributed by atoms with Crippen molar-refractivity contribution in [2.24, 2.45) is 0 Å². The van der Waals surface area contributed by atoms with Gasteiger partial charge in [0.1, 0.15) is 5.75 Å². The van der Waals surface area contributed by atoms with Gasteiger partial charge in [0.2, 0.25) is 0 Å². The van der Waals surface area contributed by atoms with Crippen LogP contribution in [0.4, 0.5) is 0 Å². The summed E-state index contributed by atoms with van der Waals surface area (Å²) in [4.78, 5) is 0. The number of hydrogen-bond acceptors (Lipinski definition) is 2. The van der Waals surface area contributed by atoms with Gasteiger partial charge >= 0.3 is 0 Å². The van der Waals surface area contributed by atoms with E-state index >= 15 is 0 Å². The van der Waals surface area contributed by atoms with E-state index in [0.29, 0.717) is 5.25 Å². The van der Waals surface area contributed by atoms with E-state index in [-0.39, 0.29) is 0 Å². The molecule has 0 aliphatic rings. The molecule has 1 aromatic rings. The number of hydrogen-bond donors (Lipinski definition) is 0. The lowest BCUT2D eigenvalue weighted by Gasteiger charge is -2.11. The summed E-state index contributed by atoms with van der Waals surface area (Å²) in [5.74, 6) is 2.10. The average Bonchev–Trinajstić information content (AvgIpc) is 2.18. The lowest BCUT2D eigenvalue weighted by molar-refractivity contribution is 0.414. The van der Waals surface area contributed by atoms with Gasteiger partial charge in [-0.25, -0.2) is 0 Å². The fourth-order valence-corrected chi connectivity index (χ4v) is 2.08. The van der Waals surface area contributed by atoms with E-state index in [2.05, 4.69) is 26.0 Å². The van der Waals surface area contributed by atoms with Crippen LogP contribution < -0.4 is 4.74 Å². The first-order valence-corrected chi connectivity index (χ1v) is 5.58. The van der Waals surface area contributed by atoms with Gasteiger partial charge in [-0.15, -0.1) is 0 Å². The van der Waals surface area contributed by atoms with Crippen LogP contribution in [0.1, 0.15) is 24.7 Å². The predicted octanol–water partition coefficient (Wildman–Crippen LogP) is 3.51. The Labute approximate surface area is 84.5 Å². The summed E-state index contributed by atoms with van der Waals surface area (Å²) in [5.41, 5.74) is 1.34. The molecule has 1 nitrogen and oxygen atoms in total. The van der Waals surface area contributed by atoms with Gasteiger partial charge in [-0.2, -0.15) is 11.8 Å². The fourth-order valence-electron chi connectivity index (χ4n) is 1.24. The van der Waals surface area contributed by atoms with E-state index in [4.69, 9.17) is 4.74 Å². The van der Waals surface area contributed by atoms with Crippen LogP contribution in [0.5, 0.6) is 5.75 Å². The van der Waals surface area contributed by atoms with Crippen molar-refractivity contribution in [3.05, 3.63) is 29.8 Å². The van der Waals surface area contributed by atoms with Gasteiger partial charge in [0, 0.05) is 5.25 Å². The topological polar surface area (TPSA) is 9.23 Å². The average molecular weight is 196 g/mol. The Kier molecular flexibility index (Phi) is 4.16. The van der Waals surface area contributed by atoms with Crippen LogP contribution in [-0.4, -0.2) is 12.9 Å². The Morgan fingerprint density at radius 3 is 2.85 bits per heavy atom. The highest BCUT2D eigenvalue weighted by atomic mass is 32.2. The van der Waals surface area contributed by atoms with Crippen molar-refractivity contribution in [1.29, 1.82) is 0 Å². The largest absolute Gasteiger partial charge is 0.497 e. The molecule has 0 radical (unpaired) electrons. The quantitative estimate of drug-likeness (QED) is 0.728. The van der Waals surface area contributed by atoms with Crippen molar-refractivity contribution in [1.82, 2.24) is 0 Å². The molecule has 1 atom stereocenters. The van der Waals surface area contributed by atoms with Gasteiger partial charge in [-0.1, -0.05) is 19.1 Å². The summed E-state index contributed by atoms with van der Waals surface area (Å²) in [6, 6.07) is 8.27. The van der Waals surface area contributed by atoms with E-state index in [1.807, 2.05) is 23.9 Å². The maximum atomic E-state index is 5.17. The molecule has 2 heteroatoms. The second-order valence-corrected chi connectivity index (χ2v) is 4.49. The minimum atomic E-state index is 0.556. The normalized spacial score (nSPS) is 12.5. The van der Waals surface area contributed by atoms with Gasteiger partial charge in [0.05, 0.1) is 7.11 Å². The highest BCUT2D eigenvalue weighted by Crippen LogP contribution is 2.29. The zero-order valence-electron chi connectivity index (χ0n) is 8.41. The first-order valence-electron chi connectivity index (χ1n) is 4.53. The number of rotatable bonds is 4. The molecule has 72 valence electrons. The van der Waals surface area contributed by atoms with Gasteiger partial charge in [-0.05, 0) is 30.4 Å². The second-order valence-electron chi connectivity index (χ2n) is 2.87. The molecule has 0 aliphatic heterocycles. The Bertz CT molecular complexity index is 260. The maximum Gasteiger partial charge on any atom is 0.119 e. The van der Waals surface area contributed by atoms with Crippen LogP contribution in [0.15, 0.2) is 24.3 Å². The molecule has 0 unspecified atom stereocenters. The van der Waals surface area contributed by atoms with E-state index in [1.54, 1.807) is 7.11 Å². The molecule has 0 fully saturated rings. The monoisotopic (exact) mass is 196 g/mol. The molecule has 0 N–H and O–H groups in total. The highest BCUT2D eigenvalue weighted by Gasteiger charge is 2.04. The Hall–Kier alpha value is -0.630. The molecular formula is C11H16OS. The molecule has 0 heterocycles. The third kappa shape index (κ3) is 2.96. The summed E-state index contributed by atoms with van der Waals surface area (Å²) in [5, 5.41) is 0.556. The molecule has 0 aromatic heterocycles. The zero-order valence-corrected chi connectivity index (χ0v) is 9.23. The minimum Gasteiger partial charge on any atom is -0.497 e. The molecule has 0 aliphatic carbocycles. The first-order chi connectivity index (χ1) is 6.27. The standard InChI is InChI=1S/C11H16OS/c1-4-13-9(2)10-6-5-7-11(8-10)12-3/h5-9H,4H2,1-3H3/t9-/m1/s1. The third-order valence-corrected chi connectivity index (χ3v) is 3.09. The third-order valence-electron chi connectivity index (χ3n) is 1.98. The lowest BCUT2D eigenvalue weighted by atomic mass is 10.1. The van der Waals surface area contributed by atoms with Gasteiger partial charge in [-0.3, -0.25) is 0 Å². The van der Waals surface area contributed by atoms with Crippen LogP contribution in [0.2, 0.25) is 0 Å². The molecule has 0 saturated heterocycles. The summed E-state index contributed by atoms with van der Waals surface area (Å²) >= 11 is 1.95. The van der Waals surface area contributed by atoms with Crippen LogP contribution >= 0.6 is 11.8 Å². The molecule has 1 aromatic carbocycles. The van der Waals surface area contributed by atoms with E-state index in [1.165, 1.54) is 5.56 Å². The molecule has 0 bridgehead atoms. The Balaban J connectivity index is 2.75. The Morgan fingerprint density at radius 2 is 2.23 bits per heavy atom. The SMILES string of the molecule is CCS[C@H](C)c1cccc(OC)c1. The number of ether oxygens (including phenoxy) is 1. The van der Waals surface area contributed by atoms with Crippen LogP contribution in [0.3, 0.4) is 0 Å². The van der Waals surface area contributed by atoms with E-state index in [9.17, 15) is 0 Å². The molecule has 13 heavy (non-hydrogen) atoms. The van der Waals surface area contributed by atoms with Crippen molar-refractivity contribution in [3.8, 4) is 5.75 Å². The second kappa shape index (κ2) is 5.18. The molecular weight excluding hydrogens is 180 g/mol. The van der Waals surface area contributed by atoms with E-state index < -0.39 is 0 Å². The number of methoxy groups -OCH3 is 1. The molecule has 0 amide bonds. The van der Waals surface area contributed by atoms with E-state index in [0.717, 1.165) is 11.5 Å². The van der Waals surface area contributed by atoms with Crippen molar-refractivity contribution in [2.45, 2.75) is 19.1 Å². The number of thioether (sulfide) groups is 1. The van der Waals surface area contributed by atoms with Crippen molar-refractivity contribution < 1.29 is 4.74 Å². The summed E-state index contributed by atoms with van der Waals surface area (Å²) in [6.07, 6.45) is 0. The summed E-state index contributed by atoms with van der Waals surface area (Å²) in [6.45, 7) is 4.41. The minimum absolute atomic E-state index is 0.556. The maximum absolute atomic E-state index is 5.17. The summed E-state index contributed by atoms with van der Waals surface area (Å²) < 4.78 is 5.17. The first kappa shape index (κ1) is 10.5. The number of benzene rings is 1. The van der Waals surface area contributed by atoms with Crippen LogP contribution in [0, 0.1) is 0 Å². The van der Waals surface area contributed by atoms with Crippen LogP contribution in [0.25, 0.3) is 0 Å². The predicted molar refractivity (Wildman–Crippen MR) is 59.5 cm³/mol. The van der Waals surface area contributed by atoms with Gasteiger partial charge in [0.15, 0.2) is 0 Å². The van der Waals surface area contributed by atoms with Crippen LogP contribution in [-0.2, 0) is 0 Å². The fraction of sp³-hybridized carbons (Fsp3) is 0.455. The zero-order chi connectivity index (χ0) is 9.68. The van der Waals surface area contributed by atoms with Crippen molar-refractivity contribution >= 4 is 11.8 Å². The van der Waals surface area contributed by atoms with Crippen molar-refractivity contribution in [2.75, 3.05) is 12.9 Å². The smallest absolute Gasteiger partial charge is 0.119 e. The van der Waals surface area contributed by atoms with Crippen molar-refractivity contribution in [3.63, 3.8) is 0 Å². The highest BCUT2D eigenvalue weighted by molar-refractivity contribution is 7.99. The molecule has 1 rings (SSSR count). The van der Waals surface area contributed by atoms with Gasteiger partial charge in [0.25, 0.3) is 0 Å². The molecule has 0 spiro atoms. The Morgan fingerprint density at radius 1 is 1.46 bits per heavy atom. The lowest BCUT2D eigenvalue weighted by Crippen LogP contribution is -1.90.